The van der Waals surface area contributed by atoms with Crippen LogP contribution < -0.4 is 0 Å². The third-order valence-electron chi connectivity index (χ3n) is 2.90. The second-order valence-electron chi connectivity index (χ2n) is 4.80. The van der Waals surface area contributed by atoms with E-state index in [1.807, 2.05) is 60.0 Å². The van der Waals surface area contributed by atoms with Crippen LogP contribution in [0.5, 0.6) is 0 Å². The predicted octanol–water partition coefficient (Wildman–Crippen LogP) is 3.61. The van der Waals surface area contributed by atoms with Crippen molar-refractivity contribution in [1.82, 2.24) is 9.88 Å². The Bertz CT molecular complexity index is 660. The maximum absolute atomic E-state index is 12.2. The van der Waals surface area contributed by atoms with Crippen LogP contribution in [0.15, 0.2) is 29.4 Å². The predicted molar refractivity (Wildman–Crippen MR) is 89.1 cm³/mol. The van der Waals surface area contributed by atoms with Crippen LogP contribution in [0, 0.1) is 13.8 Å². The van der Waals surface area contributed by atoms with Crippen molar-refractivity contribution in [2.45, 2.75) is 27.7 Å². The van der Waals surface area contributed by atoms with E-state index in [1.165, 1.54) is 6.34 Å². The molecule has 4 heteroatoms. The summed E-state index contributed by atoms with van der Waals surface area (Å²) < 4.78 is 0. The van der Waals surface area contributed by atoms with Gasteiger partial charge in [0.05, 0.1) is 17.4 Å². The number of hydrogen-bond donors (Lipinski definition) is 0. The van der Waals surface area contributed by atoms with Crippen LogP contribution >= 0.6 is 0 Å². The maximum atomic E-state index is 12.2. The zero-order valence-electron chi connectivity index (χ0n) is 13.6. The summed E-state index contributed by atoms with van der Waals surface area (Å²) in [5.41, 5.74) is 3.49. The van der Waals surface area contributed by atoms with Crippen molar-refractivity contribution in [3.63, 3.8) is 0 Å². The molecule has 1 amide bonds. The van der Waals surface area contributed by atoms with E-state index >= 15 is 0 Å². The Morgan fingerprint density at radius 1 is 1.24 bits per heavy atom. The Morgan fingerprint density at radius 3 is 2.52 bits per heavy atom. The van der Waals surface area contributed by atoms with Crippen molar-refractivity contribution in [2.24, 2.45) is 4.99 Å². The first-order valence-corrected chi connectivity index (χ1v) is 7.10. The SMILES string of the molecule is CC.Cc1cc(C)c2ncccc2c1C(=O)N=CN(C)C. The van der Waals surface area contributed by atoms with Crippen LogP contribution in [0.3, 0.4) is 0 Å². The number of aryl methyl sites for hydroxylation is 2. The van der Waals surface area contributed by atoms with Crippen LogP contribution in [0.1, 0.15) is 35.3 Å². The standard InChI is InChI=1S/C15H17N3O.C2H6/c1-10-8-11(2)14-12(6-5-7-16-14)13(10)15(19)17-9-18(3)4;1-2/h5-9H,1-4H3;1-2H3. The number of fused-ring (bicyclic) bond motifs is 1. The van der Waals surface area contributed by atoms with E-state index in [0.717, 1.165) is 22.0 Å². The third-order valence-corrected chi connectivity index (χ3v) is 2.90. The molecule has 0 atom stereocenters. The first-order chi connectivity index (χ1) is 10.0. The second kappa shape index (κ2) is 7.53. The van der Waals surface area contributed by atoms with Crippen LogP contribution in [0.2, 0.25) is 0 Å². The zero-order valence-corrected chi connectivity index (χ0v) is 13.6. The van der Waals surface area contributed by atoms with Crippen molar-refractivity contribution in [1.29, 1.82) is 0 Å². The molecule has 0 N–H and O–H groups in total. The van der Waals surface area contributed by atoms with Crippen molar-refractivity contribution >= 4 is 23.1 Å². The maximum Gasteiger partial charge on any atom is 0.279 e. The summed E-state index contributed by atoms with van der Waals surface area (Å²) in [6, 6.07) is 5.74. The fourth-order valence-electron chi connectivity index (χ4n) is 2.12. The Balaban J connectivity index is 0.00000106. The summed E-state index contributed by atoms with van der Waals surface area (Å²) in [5.74, 6) is -0.232. The molecule has 0 aliphatic heterocycles. The van der Waals surface area contributed by atoms with Crippen LogP contribution in [0.25, 0.3) is 10.9 Å². The van der Waals surface area contributed by atoms with E-state index in [-0.39, 0.29) is 5.91 Å². The molecular formula is C17H23N3O. The molecule has 0 aliphatic carbocycles. The minimum atomic E-state index is -0.232. The number of nitrogens with zero attached hydrogens (tertiary/aromatic N) is 3. The van der Waals surface area contributed by atoms with Gasteiger partial charge in [0.25, 0.3) is 5.91 Å². The average Bonchev–Trinajstić information content (AvgIpc) is 2.47. The summed E-state index contributed by atoms with van der Waals surface area (Å²) in [4.78, 5) is 22.3. The molecular weight excluding hydrogens is 262 g/mol. The van der Waals surface area contributed by atoms with Gasteiger partial charge in [0.15, 0.2) is 0 Å². The summed E-state index contributed by atoms with van der Waals surface area (Å²) in [6.45, 7) is 7.93. The number of aromatic nitrogens is 1. The van der Waals surface area contributed by atoms with E-state index in [0.29, 0.717) is 5.56 Å². The number of amides is 1. The molecule has 1 heterocycles. The molecule has 0 aliphatic rings. The minimum Gasteiger partial charge on any atom is -0.369 e. The van der Waals surface area contributed by atoms with Gasteiger partial charge >= 0.3 is 0 Å². The van der Waals surface area contributed by atoms with Gasteiger partial charge in [0, 0.05) is 25.7 Å². The summed E-state index contributed by atoms with van der Waals surface area (Å²) in [6.07, 6.45) is 3.26. The molecule has 2 rings (SSSR count). The van der Waals surface area contributed by atoms with Gasteiger partial charge in [-0.25, -0.2) is 0 Å². The number of aliphatic imine (C=N–C) groups is 1. The van der Waals surface area contributed by atoms with E-state index < -0.39 is 0 Å². The molecule has 0 radical (unpaired) electrons. The van der Waals surface area contributed by atoms with Crippen LogP contribution in [-0.4, -0.2) is 36.2 Å². The fraction of sp³-hybridized carbons (Fsp3) is 0.353. The van der Waals surface area contributed by atoms with Gasteiger partial charge in [-0.15, -0.1) is 0 Å². The van der Waals surface area contributed by atoms with Gasteiger partial charge in [-0.2, -0.15) is 4.99 Å². The van der Waals surface area contributed by atoms with Gasteiger partial charge in [0.1, 0.15) is 0 Å². The van der Waals surface area contributed by atoms with Gasteiger partial charge in [-0.3, -0.25) is 9.78 Å². The molecule has 1 aromatic carbocycles. The highest BCUT2D eigenvalue weighted by atomic mass is 16.1. The number of carbonyl (C=O) groups excluding carboxylic acids is 1. The molecule has 4 nitrogen and oxygen atoms in total. The van der Waals surface area contributed by atoms with Crippen molar-refractivity contribution in [2.75, 3.05) is 14.1 Å². The second-order valence-corrected chi connectivity index (χ2v) is 4.80. The van der Waals surface area contributed by atoms with Crippen LogP contribution in [0.4, 0.5) is 0 Å². The fourth-order valence-corrected chi connectivity index (χ4v) is 2.12. The molecule has 0 spiro atoms. The normalized spacial score (nSPS) is 10.4. The largest absolute Gasteiger partial charge is 0.369 e. The monoisotopic (exact) mass is 285 g/mol. The molecule has 0 saturated heterocycles. The van der Waals surface area contributed by atoms with E-state index in [1.54, 1.807) is 11.1 Å². The van der Waals surface area contributed by atoms with E-state index in [4.69, 9.17) is 0 Å². The number of hydrogen-bond acceptors (Lipinski definition) is 2. The molecule has 0 fully saturated rings. The summed E-state index contributed by atoms with van der Waals surface area (Å²) in [7, 11) is 3.66. The van der Waals surface area contributed by atoms with Gasteiger partial charge in [-0.1, -0.05) is 26.0 Å². The Kier molecular flexibility index (Phi) is 6.03. The van der Waals surface area contributed by atoms with Gasteiger partial charge < -0.3 is 4.90 Å². The van der Waals surface area contributed by atoms with Crippen molar-refractivity contribution in [3.05, 3.63) is 41.1 Å². The lowest BCUT2D eigenvalue weighted by molar-refractivity contribution is 0.100. The highest BCUT2D eigenvalue weighted by molar-refractivity contribution is 6.10. The Hall–Kier alpha value is -2.23. The van der Waals surface area contributed by atoms with Crippen molar-refractivity contribution in [3.8, 4) is 0 Å². The average molecular weight is 285 g/mol. The number of benzene rings is 1. The van der Waals surface area contributed by atoms with E-state index in [2.05, 4.69) is 9.98 Å². The van der Waals surface area contributed by atoms with Gasteiger partial charge in [-0.05, 0) is 31.0 Å². The molecule has 112 valence electrons. The smallest absolute Gasteiger partial charge is 0.279 e. The first-order valence-electron chi connectivity index (χ1n) is 7.10. The molecule has 0 bridgehead atoms. The quantitative estimate of drug-likeness (QED) is 0.625. The molecule has 0 saturated carbocycles. The van der Waals surface area contributed by atoms with Gasteiger partial charge in [0.2, 0.25) is 0 Å². The summed E-state index contributed by atoms with van der Waals surface area (Å²) >= 11 is 0. The van der Waals surface area contributed by atoms with Crippen LogP contribution in [-0.2, 0) is 0 Å². The van der Waals surface area contributed by atoms with Crippen molar-refractivity contribution < 1.29 is 4.79 Å². The lowest BCUT2D eigenvalue weighted by Crippen LogP contribution is -2.10. The summed E-state index contributed by atoms with van der Waals surface area (Å²) in [5, 5.41) is 0.862. The lowest BCUT2D eigenvalue weighted by atomic mass is 9.99. The topological polar surface area (TPSA) is 45.6 Å². The highest BCUT2D eigenvalue weighted by Gasteiger charge is 2.14. The number of rotatable bonds is 2. The molecule has 0 unspecified atom stereocenters. The first kappa shape index (κ1) is 16.8. The Labute approximate surface area is 126 Å². The third kappa shape index (κ3) is 3.88. The highest BCUT2D eigenvalue weighted by Crippen LogP contribution is 2.24. The van der Waals surface area contributed by atoms with E-state index in [9.17, 15) is 4.79 Å². The number of carbonyl (C=O) groups is 1. The molecule has 2 aromatic rings. The number of pyridine rings is 1. The zero-order chi connectivity index (χ0) is 16.0. The molecule has 1 aromatic heterocycles. The molecule has 21 heavy (non-hydrogen) atoms. The minimum absolute atomic E-state index is 0.232. The Morgan fingerprint density at radius 2 is 1.90 bits per heavy atom. The lowest BCUT2D eigenvalue weighted by Gasteiger charge is -2.09.